The normalized spacial score (nSPS) is 18.2. The lowest BCUT2D eigenvalue weighted by atomic mass is 10.2. The van der Waals surface area contributed by atoms with Crippen LogP contribution in [0, 0.1) is 0 Å². The quantitative estimate of drug-likeness (QED) is 0.735. The van der Waals surface area contributed by atoms with E-state index in [9.17, 15) is 4.79 Å². The maximum Gasteiger partial charge on any atom is 0.229 e. The van der Waals surface area contributed by atoms with Crippen molar-refractivity contribution in [2.24, 2.45) is 0 Å². The van der Waals surface area contributed by atoms with Gasteiger partial charge in [0.05, 0.1) is 13.1 Å². The highest BCUT2D eigenvalue weighted by molar-refractivity contribution is 5.73. The third-order valence-corrected chi connectivity index (χ3v) is 4.49. The first kappa shape index (κ1) is 17.5. The summed E-state index contributed by atoms with van der Waals surface area (Å²) in [5.41, 5.74) is 0. The molecular weight excluding hydrogens is 322 g/mol. The van der Waals surface area contributed by atoms with Crippen molar-refractivity contribution < 1.29 is 9.32 Å². The standard InChI is InChI=1S/C16H25N7O2/c1-12(2)16-19-15(20-25-16)9-23(13(3)24)14-4-5-21(8-14)6-7-22-11-17-10-18-22/h10-12,14H,4-9H2,1-3H3. The summed E-state index contributed by atoms with van der Waals surface area (Å²) < 4.78 is 7.07. The second kappa shape index (κ2) is 7.73. The van der Waals surface area contributed by atoms with E-state index in [4.69, 9.17) is 4.52 Å². The molecule has 0 aromatic carbocycles. The largest absolute Gasteiger partial charge is 0.339 e. The number of hydrogen-bond donors (Lipinski definition) is 0. The van der Waals surface area contributed by atoms with Crippen LogP contribution in [0.15, 0.2) is 17.2 Å². The van der Waals surface area contributed by atoms with E-state index in [-0.39, 0.29) is 17.9 Å². The molecule has 9 heteroatoms. The summed E-state index contributed by atoms with van der Waals surface area (Å²) in [7, 11) is 0. The van der Waals surface area contributed by atoms with E-state index in [1.165, 1.54) is 0 Å². The van der Waals surface area contributed by atoms with Gasteiger partial charge in [0.2, 0.25) is 11.8 Å². The van der Waals surface area contributed by atoms with Crippen LogP contribution in [0.5, 0.6) is 0 Å². The molecule has 25 heavy (non-hydrogen) atoms. The fraction of sp³-hybridized carbons (Fsp3) is 0.688. The molecule has 1 unspecified atom stereocenters. The Morgan fingerprint density at radius 1 is 1.44 bits per heavy atom. The smallest absolute Gasteiger partial charge is 0.229 e. The zero-order valence-electron chi connectivity index (χ0n) is 15.0. The highest BCUT2D eigenvalue weighted by Gasteiger charge is 2.30. The number of aromatic nitrogens is 5. The molecule has 3 rings (SSSR count). The first-order chi connectivity index (χ1) is 12.0. The molecule has 1 aliphatic heterocycles. The maximum absolute atomic E-state index is 12.1. The van der Waals surface area contributed by atoms with E-state index in [0.29, 0.717) is 18.3 Å². The monoisotopic (exact) mass is 347 g/mol. The van der Waals surface area contributed by atoms with E-state index in [0.717, 1.165) is 32.6 Å². The van der Waals surface area contributed by atoms with Crippen molar-refractivity contribution in [2.75, 3.05) is 19.6 Å². The molecule has 1 atom stereocenters. The lowest BCUT2D eigenvalue weighted by Crippen LogP contribution is -2.40. The van der Waals surface area contributed by atoms with E-state index >= 15 is 0 Å². The first-order valence-electron chi connectivity index (χ1n) is 8.67. The Kier molecular flexibility index (Phi) is 5.42. The van der Waals surface area contributed by atoms with Crippen LogP contribution < -0.4 is 0 Å². The summed E-state index contributed by atoms with van der Waals surface area (Å²) in [6, 6.07) is 0.175. The van der Waals surface area contributed by atoms with E-state index in [1.807, 2.05) is 23.4 Å². The molecule has 1 saturated heterocycles. The summed E-state index contributed by atoms with van der Waals surface area (Å²) in [5.74, 6) is 1.41. The fourth-order valence-electron chi connectivity index (χ4n) is 3.08. The molecule has 0 N–H and O–H groups in total. The highest BCUT2D eigenvalue weighted by Crippen LogP contribution is 2.19. The number of nitrogens with zero attached hydrogens (tertiary/aromatic N) is 7. The molecule has 0 bridgehead atoms. The van der Waals surface area contributed by atoms with Crippen molar-refractivity contribution in [1.82, 2.24) is 34.7 Å². The van der Waals surface area contributed by atoms with Gasteiger partial charge >= 0.3 is 0 Å². The summed E-state index contributed by atoms with van der Waals surface area (Å²) >= 11 is 0. The predicted octanol–water partition coefficient (Wildman–Crippen LogP) is 0.907. The average molecular weight is 347 g/mol. The van der Waals surface area contributed by atoms with Crippen LogP contribution in [0.2, 0.25) is 0 Å². The van der Waals surface area contributed by atoms with Crippen molar-refractivity contribution in [3.8, 4) is 0 Å². The Balaban J connectivity index is 1.56. The first-order valence-corrected chi connectivity index (χ1v) is 8.67. The Bertz CT molecular complexity index is 682. The molecule has 2 aromatic heterocycles. The van der Waals surface area contributed by atoms with Gasteiger partial charge in [-0.05, 0) is 6.42 Å². The molecular formula is C16H25N7O2. The van der Waals surface area contributed by atoms with Gasteiger partial charge in [-0.3, -0.25) is 14.4 Å². The van der Waals surface area contributed by atoms with Gasteiger partial charge in [0.25, 0.3) is 0 Å². The highest BCUT2D eigenvalue weighted by atomic mass is 16.5. The van der Waals surface area contributed by atoms with Gasteiger partial charge in [0.1, 0.15) is 12.7 Å². The van der Waals surface area contributed by atoms with Crippen molar-refractivity contribution in [1.29, 1.82) is 0 Å². The molecule has 0 radical (unpaired) electrons. The lowest BCUT2D eigenvalue weighted by Gasteiger charge is -2.27. The minimum absolute atomic E-state index is 0.0408. The van der Waals surface area contributed by atoms with E-state index < -0.39 is 0 Å². The number of carbonyl (C=O) groups excluding carboxylic acids is 1. The summed E-state index contributed by atoms with van der Waals surface area (Å²) in [6.07, 6.45) is 4.21. The van der Waals surface area contributed by atoms with Gasteiger partial charge in [0.15, 0.2) is 5.82 Å². The van der Waals surface area contributed by atoms with Crippen LogP contribution in [-0.2, 0) is 17.9 Å². The predicted molar refractivity (Wildman–Crippen MR) is 89.5 cm³/mol. The molecule has 9 nitrogen and oxygen atoms in total. The molecule has 0 aliphatic carbocycles. The van der Waals surface area contributed by atoms with Crippen molar-refractivity contribution in [3.63, 3.8) is 0 Å². The van der Waals surface area contributed by atoms with Gasteiger partial charge in [0, 0.05) is 38.5 Å². The van der Waals surface area contributed by atoms with Crippen LogP contribution in [0.25, 0.3) is 0 Å². The second-order valence-corrected chi connectivity index (χ2v) is 6.75. The minimum Gasteiger partial charge on any atom is -0.339 e. The molecule has 2 aromatic rings. The molecule has 1 fully saturated rings. The van der Waals surface area contributed by atoms with Gasteiger partial charge in [-0.25, -0.2) is 4.98 Å². The number of hydrogen-bond acceptors (Lipinski definition) is 7. The van der Waals surface area contributed by atoms with E-state index in [2.05, 4.69) is 25.1 Å². The van der Waals surface area contributed by atoms with Crippen LogP contribution >= 0.6 is 0 Å². The molecule has 0 saturated carbocycles. The number of rotatable bonds is 7. The fourth-order valence-corrected chi connectivity index (χ4v) is 3.08. The number of likely N-dealkylation sites (tertiary alicyclic amines) is 1. The van der Waals surface area contributed by atoms with Crippen molar-refractivity contribution in [2.45, 2.75) is 52.2 Å². The van der Waals surface area contributed by atoms with Crippen LogP contribution in [0.1, 0.15) is 44.8 Å². The summed E-state index contributed by atoms with van der Waals surface area (Å²) in [5, 5.41) is 8.13. The zero-order chi connectivity index (χ0) is 17.8. The van der Waals surface area contributed by atoms with Crippen LogP contribution in [0.3, 0.4) is 0 Å². The Hall–Kier alpha value is -2.29. The lowest BCUT2D eigenvalue weighted by molar-refractivity contribution is -0.131. The third-order valence-electron chi connectivity index (χ3n) is 4.49. The maximum atomic E-state index is 12.1. The van der Waals surface area contributed by atoms with E-state index in [1.54, 1.807) is 19.6 Å². The third kappa shape index (κ3) is 4.41. The van der Waals surface area contributed by atoms with Gasteiger partial charge in [-0.1, -0.05) is 19.0 Å². The van der Waals surface area contributed by atoms with Gasteiger partial charge in [-0.15, -0.1) is 0 Å². The summed E-state index contributed by atoms with van der Waals surface area (Å²) in [6.45, 7) is 9.51. The van der Waals surface area contributed by atoms with Crippen LogP contribution in [-0.4, -0.2) is 66.3 Å². The van der Waals surface area contributed by atoms with Crippen molar-refractivity contribution >= 4 is 5.91 Å². The molecule has 136 valence electrons. The molecule has 0 spiro atoms. The second-order valence-electron chi connectivity index (χ2n) is 6.75. The Labute approximate surface area is 147 Å². The minimum atomic E-state index is 0.0408. The summed E-state index contributed by atoms with van der Waals surface area (Å²) in [4.78, 5) is 24.7. The Morgan fingerprint density at radius 3 is 2.92 bits per heavy atom. The van der Waals surface area contributed by atoms with Crippen molar-refractivity contribution in [3.05, 3.63) is 24.4 Å². The molecule has 3 heterocycles. The van der Waals surface area contributed by atoms with Crippen LogP contribution in [0.4, 0.5) is 0 Å². The zero-order valence-corrected chi connectivity index (χ0v) is 15.0. The number of amides is 1. The van der Waals surface area contributed by atoms with Gasteiger partial charge in [-0.2, -0.15) is 10.1 Å². The van der Waals surface area contributed by atoms with Gasteiger partial charge < -0.3 is 9.42 Å². The average Bonchev–Trinajstić information content (AvgIpc) is 3.31. The molecule has 1 aliphatic rings. The SMILES string of the molecule is CC(=O)N(Cc1noc(C(C)C)n1)C1CCN(CCn2cncn2)C1. The number of carbonyl (C=O) groups is 1. The molecule has 1 amide bonds. The Morgan fingerprint density at radius 2 is 2.28 bits per heavy atom. The topological polar surface area (TPSA) is 93.2 Å².